The van der Waals surface area contributed by atoms with E-state index in [2.05, 4.69) is 24.3 Å². The number of fused-ring (bicyclic) bond motifs is 3. The highest BCUT2D eigenvalue weighted by Gasteiger charge is 2.29. The Balaban J connectivity index is 1.97. The van der Waals surface area contributed by atoms with Gasteiger partial charge in [-0.25, -0.2) is 0 Å². The molecule has 4 heteroatoms. The normalized spacial score (nSPS) is 12.1. The molecule has 0 saturated heterocycles. The average molecular weight is 343 g/mol. The molecule has 0 amide bonds. The van der Waals surface area contributed by atoms with E-state index >= 15 is 0 Å². The molecule has 4 rings (SSSR count). The van der Waals surface area contributed by atoms with Gasteiger partial charge in [0, 0.05) is 27.3 Å². The maximum atomic E-state index is 12.7. The van der Waals surface area contributed by atoms with Gasteiger partial charge in [-0.1, -0.05) is 36.4 Å². The van der Waals surface area contributed by atoms with Gasteiger partial charge in [-0.3, -0.25) is 0 Å². The van der Waals surface area contributed by atoms with Crippen molar-refractivity contribution in [3.05, 3.63) is 78.4 Å². The molecule has 120 valence electrons. The largest absolute Gasteiger partial charge is 0.393 e. The predicted octanol–water partition coefficient (Wildman–Crippen LogP) is 6.84. The van der Waals surface area contributed by atoms with Crippen LogP contribution in [0.25, 0.3) is 25.1 Å². The summed E-state index contributed by atoms with van der Waals surface area (Å²) in [5, 5.41) is 2.36. The van der Waals surface area contributed by atoms with Crippen molar-refractivity contribution in [2.45, 2.75) is 12.6 Å². The van der Waals surface area contributed by atoms with Gasteiger partial charge < -0.3 is 0 Å². The summed E-state index contributed by atoms with van der Waals surface area (Å²) in [6.07, 6.45) is -5.07. The fraction of sp³-hybridized carbons (Fsp3) is 0.100. The molecule has 0 nitrogen and oxygen atoms in total. The zero-order valence-electron chi connectivity index (χ0n) is 12.7. The van der Waals surface area contributed by atoms with Crippen molar-refractivity contribution in [1.82, 2.24) is 0 Å². The first-order chi connectivity index (χ1) is 11.5. The third kappa shape index (κ3) is 2.67. The number of benzene rings is 3. The smallest absolute Gasteiger partial charge is 0.171 e. The van der Waals surface area contributed by atoms with Crippen LogP contribution in [0.4, 0.5) is 13.2 Å². The first-order valence-electron chi connectivity index (χ1n) is 7.61. The van der Waals surface area contributed by atoms with E-state index in [-0.39, 0.29) is 10.5 Å². The van der Waals surface area contributed by atoms with Gasteiger partial charge in [0.25, 0.3) is 0 Å². The molecule has 0 saturated carbocycles. The monoisotopic (exact) mass is 343 g/mol. The van der Waals surface area contributed by atoms with E-state index in [9.17, 15) is 13.2 Å². The number of thiophene rings is 1. The number of rotatable bonds is 2. The number of halogens is 3. The van der Waals surface area contributed by atoms with Crippen LogP contribution >= 0.6 is 10.5 Å². The molecule has 1 aromatic heterocycles. The summed E-state index contributed by atoms with van der Waals surface area (Å²) >= 11 is 0. The molecule has 24 heavy (non-hydrogen) atoms. The second kappa shape index (κ2) is 5.64. The van der Waals surface area contributed by atoms with Gasteiger partial charge >= 0.3 is 6.18 Å². The van der Waals surface area contributed by atoms with Crippen molar-refractivity contribution >= 4 is 30.6 Å². The molecule has 0 aliphatic heterocycles. The van der Waals surface area contributed by atoms with Crippen molar-refractivity contribution < 1.29 is 13.2 Å². The first kappa shape index (κ1) is 15.2. The molecular formula is C20H14F3S+. The van der Waals surface area contributed by atoms with E-state index < -0.39 is 12.6 Å². The number of hydrogen-bond donors (Lipinski definition) is 0. The standard InChI is InChI=1S/C20H14F3S/c21-20(22,23)13-14-6-5-7-15(12-14)24-18-10-3-1-8-16(18)17-9-2-4-11-19(17)24/h1-12H,13H2/q+1. The zero-order chi connectivity index (χ0) is 16.7. The van der Waals surface area contributed by atoms with Crippen LogP contribution in [0, 0.1) is 0 Å². The molecule has 3 aromatic carbocycles. The number of alkyl halides is 3. The second-order valence-corrected chi connectivity index (χ2v) is 7.70. The van der Waals surface area contributed by atoms with Crippen molar-refractivity contribution in [1.29, 1.82) is 0 Å². The molecule has 1 heterocycles. The SMILES string of the molecule is FC(F)(F)Cc1cccc(-[s+]2c3ccccc3c3ccccc32)c1. The summed E-state index contributed by atoms with van der Waals surface area (Å²) < 4.78 is 40.6. The lowest BCUT2D eigenvalue weighted by atomic mass is 10.1. The van der Waals surface area contributed by atoms with Crippen LogP contribution < -0.4 is 0 Å². The van der Waals surface area contributed by atoms with Gasteiger partial charge in [-0.2, -0.15) is 13.2 Å². The fourth-order valence-corrected chi connectivity index (χ4v) is 5.57. The first-order valence-corrected chi connectivity index (χ1v) is 8.84. The maximum Gasteiger partial charge on any atom is 0.393 e. The Kier molecular flexibility index (Phi) is 3.57. The zero-order valence-corrected chi connectivity index (χ0v) is 13.5. The Bertz CT molecular complexity index is 975. The Morgan fingerprint density at radius 2 is 1.29 bits per heavy atom. The topological polar surface area (TPSA) is 0 Å². The van der Waals surface area contributed by atoms with Crippen molar-refractivity contribution in [2.24, 2.45) is 0 Å². The van der Waals surface area contributed by atoms with Crippen LogP contribution in [0.1, 0.15) is 5.56 Å². The Labute approximate surface area is 140 Å². The minimum absolute atomic E-state index is 0.314. The van der Waals surface area contributed by atoms with Crippen LogP contribution in [-0.4, -0.2) is 6.18 Å². The summed E-state index contributed by atoms with van der Waals surface area (Å²) in [5.74, 6) is 0. The van der Waals surface area contributed by atoms with E-state index in [1.807, 2.05) is 30.3 Å². The quantitative estimate of drug-likeness (QED) is 0.350. The van der Waals surface area contributed by atoms with Gasteiger partial charge in [0.05, 0.1) is 6.42 Å². The molecule has 4 aromatic rings. The lowest BCUT2D eigenvalue weighted by Crippen LogP contribution is -2.11. The van der Waals surface area contributed by atoms with E-state index in [1.165, 1.54) is 20.2 Å². The van der Waals surface area contributed by atoms with E-state index in [1.54, 1.807) is 18.2 Å². The molecule has 0 aliphatic carbocycles. The van der Waals surface area contributed by atoms with Gasteiger partial charge in [0.1, 0.15) is 0 Å². The van der Waals surface area contributed by atoms with Crippen LogP contribution in [0.15, 0.2) is 72.8 Å². The third-order valence-electron chi connectivity index (χ3n) is 4.04. The molecule has 0 fully saturated rings. The Morgan fingerprint density at radius 3 is 1.88 bits per heavy atom. The molecule has 0 aliphatic rings. The lowest BCUT2D eigenvalue weighted by Gasteiger charge is -2.05. The Morgan fingerprint density at radius 1 is 0.708 bits per heavy atom. The minimum atomic E-state index is -4.19. The minimum Gasteiger partial charge on any atom is -0.171 e. The lowest BCUT2D eigenvalue weighted by molar-refractivity contribution is -0.127. The highest BCUT2D eigenvalue weighted by molar-refractivity contribution is 7.50. The van der Waals surface area contributed by atoms with Crippen molar-refractivity contribution in [3.63, 3.8) is 0 Å². The molecule has 0 N–H and O–H groups in total. The number of hydrogen-bond acceptors (Lipinski definition) is 0. The summed E-state index contributed by atoms with van der Waals surface area (Å²) in [5.41, 5.74) is 0.314. The molecule has 0 unspecified atom stereocenters. The molecule has 0 spiro atoms. The second-order valence-electron chi connectivity index (χ2n) is 5.74. The van der Waals surface area contributed by atoms with Crippen molar-refractivity contribution in [3.8, 4) is 4.90 Å². The third-order valence-corrected chi connectivity index (χ3v) is 6.36. The van der Waals surface area contributed by atoms with Gasteiger partial charge in [-0.05, 0) is 35.9 Å². The van der Waals surface area contributed by atoms with E-state index in [4.69, 9.17) is 0 Å². The summed E-state index contributed by atoms with van der Waals surface area (Å²) in [4.78, 5) is 0.939. The molecule has 0 atom stereocenters. The average Bonchev–Trinajstić information content (AvgIpc) is 2.88. The summed E-state index contributed by atoms with van der Waals surface area (Å²) in [7, 11) is -0.347. The highest BCUT2D eigenvalue weighted by atomic mass is 32.2. The van der Waals surface area contributed by atoms with Crippen LogP contribution in [0.2, 0.25) is 0 Å². The van der Waals surface area contributed by atoms with Gasteiger partial charge in [0.2, 0.25) is 0 Å². The Hall–Kier alpha value is -2.33. The predicted molar refractivity (Wildman–Crippen MR) is 95.0 cm³/mol. The summed E-state index contributed by atoms with van der Waals surface area (Å²) in [6, 6.07) is 23.2. The van der Waals surface area contributed by atoms with Crippen molar-refractivity contribution in [2.75, 3.05) is 0 Å². The van der Waals surface area contributed by atoms with Crippen LogP contribution in [-0.2, 0) is 6.42 Å². The van der Waals surface area contributed by atoms with Gasteiger partial charge in [0.15, 0.2) is 14.3 Å². The van der Waals surface area contributed by atoms with E-state index in [0.717, 1.165) is 4.90 Å². The van der Waals surface area contributed by atoms with Gasteiger partial charge in [-0.15, -0.1) is 0 Å². The highest BCUT2D eigenvalue weighted by Crippen LogP contribution is 2.48. The van der Waals surface area contributed by atoms with Crippen LogP contribution in [0.5, 0.6) is 0 Å². The fourth-order valence-electron chi connectivity index (χ4n) is 3.12. The molecule has 0 bridgehead atoms. The maximum absolute atomic E-state index is 12.7. The molecule has 0 radical (unpaired) electrons. The summed E-state index contributed by atoms with van der Waals surface area (Å²) in [6.45, 7) is 0. The van der Waals surface area contributed by atoms with E-state index in [0.29, 0.717) is 5.56 Å². The molecular weight excluding hydrogens is 329 g/mol. The van der Waals surface area contributed by atoms with Crippen LogP contribution in [0.3, 0.4) is 0 Å².